The molecule has 1 fully saturated rings. The van der Waals surface area contributed by atoms with Gasteiger partial charge in [0.1, 0.15) is 0 Å². The zero-order chi connectivity index (χ0) is 13.8. The van der Waals surface area contributed by atoms with E-state index in [0.29, 0.717) is 18.1 Å². The van der Waals surface area contributed by atoms with Gasteiger partial charge in [0.05, 0.1) is 0 Å². The van der Waals surface area contributed by atoms with Crippen LogP contribution in [-0.2, 0) is 0 Å². The second kappa shape index (κ2) is 7.04. The van der Waals surface area contributed by atoms with Crippen LogP contribution in [0.1, 0.15) is 45.2 Å². The monoisotopic (exact) mass is 372 g/mol. The lowest BCUT2D eigenvalue weighted by Crippen LogP contribution is -2.42. The molecule has 3 heteroatoms. The van der Waals surface area contributed by atoms with E-state index in [-0.39, 0.29) is 0 Å². The second-order valence-electron chi connectivity index (χ2n) is 5.81. The van der Waals surface area contributed by atoms with Crippen LogP contribution in [-0.4, -0.2) is 30.1 Å². The largest absolute Gasteiger partial charge is 0.313 e. The third kappa shape index (κ3) is 4.17. The van der Waals surface area contributed by atoms with Crippen LogP contribution in [0.2, 0.25) is 0 Å². The molecule has 0 amide bonds. The number of halogens is 1. The number of hydrogen-bond donors (Lipinski definition) is 1. The third-order valence-electron chi connectivity index (χ3n) is 4.11. The molecular weight excluding hydrogens is 347 g/mol. The summed E-state index contributed by atoms with van der Waals surface area (Å²) < 4.78 is 1.31. The predicted octanol–water partition coefficient (Wildman–Crippen LogP) is 3.81. The molecule has 106 valence electrons. The summed E-state index contributed by atoms with van der Waals surface area (Å²) in [5, 5.41) is 3.61. The fourth-order valence-electron chi connectivity index (χ4n) is 2.92. The number of nitrogens with one attached hydrogen (secondary N) is 1. The average Bonchev–Trinajstić information content (AvgIpc) is 2.88. The Morgan fingerprint density at radius 3 is 2.47 bits per heavy atom. The second-order valence-corrected chi connectivity index (χ2v) is 7.06. The van der Waals surface area contributed by atoms with E-state index in [2.05, 4.69) is 77.8 Å². The summed E-state index contributed by atoms with van der Waals surface area (Å²) >= 11 is 2.37. The summed E-state index contributed by atoms with van der Waals surface area (Å²) in [6.45, 7) is 9.28. The first-order valence-corrected chi connectivity index (χ1v) is 8.40. The van der Waals surface area contributed by atoms with E-state index in [1.165, 1.54) is 28.5 Å². The standard InChI is InChI=1S/C16H25IN2/c1-12(2)19(11-16-5-4-10-18-16)13(3)14-6-8-15(17)9-7-14/h6-9,12-13,16,18H,4-5,10-11H2,1-3H3. The molecule has 2 unspecified atom stereocenters. The summed E-state index contributed by atoms with van der Waals surface area (Å²) in [7, 11) is 0. The van der Waals surface area contributed by atoms with Crippen molar-refractivity contribution in [2.75, 3.05) is 13.1 Å². The van der Waals surface area contributed by atoms with E-state index in [4.69, 9.17) is 0 Å². The molecule has 0 bridgehead atoms. The molecule has 19 heavy (non-hydrogen) atoms. The molecule has 1 saturated heterocycles. The van der Waals surface area contributed by atoms with E-state index >= 15 is 0 Å². The van der Waals surface area contributed by atoms with E-state index in [0.717, 1.165) is 6.54 Å². The van der Waals surface area contributed by atoms with Crippen molar-refractivity contribution >= 4 is 22.6 Å². The zero-order valence-corrected chi connectivity index (χ0v) is 14.4. The molecule has 1 N–H and O–H groups in total. The van der Waals surface area contributed by atoms with Gasteiger partial charge in [-0.05, 0) is 80.4 Å². The minimum absolute atomic E-state index is 0.486. The Hall–Kier alpha value is -0.130. The highest BCUT2D eigenvalue weighted by atomic mass is 127. The molecule has 2 nitrogen and oxygen atoms in total. The van der Waals surface area contributed by atoms with Gasteiger partial charge in [-0.15, -0.1) is 0 Å². The zero-order valence-electron chi connectivity index (χ0n) is 12.2. The molecule has 1 aliphatic rings. The first-order chi connectivity index (χ1) is 9.08. The molecule has 0 aromatic heterocycles. The normalized spacial score (nSPS) is 21.3. The molecule has 2 rings (SSSR count). The molecule has 1 aromatic carbocycles. The van der Waals surface area contributed by atoms with Gasteiger partial charge < -0.3 is 5.32 Å². The Kier molecular flexibility index (Phi) is 5.66. The molecule has 0 aliphatic carbocycles. The lowest BCUT2D eigenvalue weighted by molar-refractivity contribution is 0.150. The molecule has 0 saturated carbocycles. The van der Waals surface area contributed by atoms with Crippen LogP contribution in [0, 0.1) is 3.57 Å². The van der Waals surface area contributed by atoms with Gasteiger partial charge in [-0.25, -0.2) is 0 Å². The SMILES string of the molecule is CC(C)N(CC1CCCN1)C(C)c1ccc(I)cc1. The lowest BCUT2D eigenvalue weighted by Gasteiger charge is -2.35. The van der Waals surface area contributed by atoms with E-state index < -0.39 is 0 Å². The van der Waals surface area contributed by atoms with E-state index in [9.17, 15) is 0 Å². The highest BCUT2D eigenvalue weighted by Crippen LogP contribution is 2.24. The maximum absolute atomic E-state index is 3.61. The Morgan fingerprint density at radius 2 is 1.95 bits per heavy atom. The first kappa shape index (κ1) is 15.3. The van der Waals surface area contributed by atoms with Crippen LogP contribution in [0.5, 0.6) is 0 Å². The van der Waals surface area contributed by atoms with Crippen LogP contribution < -0.4 is 5.32 Å². The van der Waals surface area contributed by atoms with Crippen LogP contribution >= 0.6 is 22.6 Å². The summed E-state index contributed by atoms with van der Waals surface area (Å²) in [5.74, 6) is 0. The maximum atomic E-state index is 3.61. The third-order valence-corrected chi connectivity index (χ3v) is 4.83. The van der Waals surface area contributed by atoms with Crippen LogP contribution in [0.15, 0.2) is 24.3 Å². The van der Waals surface area contributed by atoms with Gasteiger partial charge in [-0.2, -0.15) is 0 Å². The molecule has 0 radical (unpaired) electrons. The molecule has 0 spiro atoms. The fraction of sp³-hybridized carbons (Fsp3) is 0.625. The smallest absolute Gasteiger partial charge is 0.0323 e. The van der Waals surface area contributed by atoms with Crippen LogP contribution in [0.25, 0.3) is 0 Å². The highest BCUT2D eigenvalue weighted by Gasteiger charge is 2.24. The topological polar surface area (TPSA) is 15.3 Å². The molecule has 1 heterocycles. The summed E-state index contributed by atoms with van der Waals surface area (Å²) in [6.07, 6.45) is 2.65. The van der Waals surface area contributed by atoms with Crippen molar-refractivity contribution in [1.29, 1.82) is 0 Å². The van der Waals surface area contributed by atoms with Gasteiger partial charge >= 0.3 is 0 Å². The maximum Gasteiger partial charge on any atom is 0.0323 e. The summed E-state index contributed by atoms with van der Waals surface area (Å²) in [5.41, 5.74) is 1.42. The highest BCUT2D eigenvalue weighted by molar-refractivity contribution is 14.1. The molecule has 1 aliphatic heterocycles. The minimum atomic E-state index is 0.486. The first-order valence-electron chi connectivity index (χ1n) is 7.32. The van der Waals surface area contributed by atoms with Crippen molar-refractivity contribution in [3.63, 3.8) is 0 Å². The van der Waals surface area contributed by atoms with Crippen LogP contribution in [0.3, 0.4) is 0 Å². The summed E-state index contributed by atoms with van der Waals surface area (Å²) in [6, 6.07) is 10.7. The lowest BCUT2D eigenvalue weighted by atomic mass is 10.0. The minimum Gasteiger partial charge on any atom is -0.313 e. The van der Waals surface area contributed by atoms with Gasteiger partial charge in [0.2, 0.25) is 0 Å². The Labute approximate surface area is 131 Å². The van der Waals surface area contributed by atoms with Crippen molar-refractivity contribution in [2.24, 2.45) is 0 Å². The molecule has 1 aromatic rings. The summed E-state index contributed by atoms with van der Waals surface area (Å²) in [4.78, 5) is 2.62. The van der Waals surface area contributed by atoms with E-state index in [1.54, 1.807) is 0 Å². The predicted molar refractivity (Wildman–Crippen MR) is 90.4 cm³/mol. The molecular formula is C16H25IN2. The quantitative estimate of drug-likeness (QED) is 0.791. The molecule has 2 atom stereocenters. The van der Waals surface area contributed by atoms with Gasteiger partial charge in [0.25, 0.3) is 0 Å². The van der Waals surface area contributed by atoms with Crippen molar-refractivity contribution < 1.29 is 0 Å². The van der Waals surface area contributed by atoms with Crippen molar-refractivity contribution in [3.8, 4) is 0 Å². The number of nitrogens with zero attached hydrogens (tertiary/aromatic N) is 1. The Morgan fingerprint density at radius 1 is 1.26 bits per heavy atom. The van der Waals surface area contributed by atoms with Gasteiger partial charge in [-0.1, -0.05) is 12.1 Å². The van der Waals surface area contributed by atoms with E-state index in [1.807, 2.05) is 0 Å². The fourth-order valence-corrected chi connectivity index (χ4v) is 3.28. The van der Waals surface area contributed by atoms with Gasteiger partial charge in [0, 0.05) is 28.2 Å². The van der Waals surface area contributed by atoms with Gasteiger partial charge in [0.15, 0.2) is 0 Å². The van der Waals surface area contributed by atoms with Crippen molar-refractivity contribution in [1.82, 2.24) is 10.2 Å². The van der Waals surface area contributed by atoms with Crippen molar-refractivity contribution in [2.45, 2.75) is 51.7 Å². The number of hydrogen-bond acceptors (Lipinski definition) is 2. The number of benzene rings is 1. The van der Waals surface area contributed by atoms with Crippen molar-refractivity contribution in [3.05, 3.63) is 33.4 Å². The number of rotatable bonds is 5. The average molecular weight is 372 g/mol. The Bertz CT molecular complexity index is 382. The van der Waals surface area contributed by atoms with Crippen LogP contribution in [0.4, 0.5) is 0 Å². The van der Waals surface area contributed by atoms with Gasteiger partial charge in [-0.3, -0.25) is 4.90 Å². The Balaban J connectivity index is 2.06.